The SMILES string of the molecule is CCCc1nc(Cl)cc(NC(C)C(=O)N(CC)CC)n1. The number of aryl methyl sites for hydroxylation is 1. The number of amides is 1. The molecule has 1 N–H and O–H groups in total. The van der Waals surface area contributed by atoms with Crippen LogP contribution in [0.2, 0.25) is 5.15 Å². The van der Waals surface area contributed by atoms with Gasteiger partial charge in [0.1, 0.15) is 22.8 Å². The van der Waals surface area contributed by atoms with E-state index < -0.39 is 0 Å². The van der Waals surface area contributed by atoms with Gasteiger partial charge in [-0.05, 0) is 27.2 Å². The minimum absolute atomic E-state index is 0.0572. The fourth-order valence-electron chi connectivity index (χ4n) is 1.97. The number of carbonyl (C=O) groups is 1. The molecule has 0 saturated heterocycles. The van der Waals surface area contributed by atoms with E-state index >= 15 is 0 Å². The number of rotatable bonds is 7. The average molecular weight is 299 g/mol. The van der Waals surface area contributed by atoms with Crippen molar-refractivity contribution in [2.24, 2.45) is 0 Å². The lowest BCUT2D eigenvalue weighted by Crippen LogP contribution is -2.41. The van der Waals surface area contributed by atoms with Gasteiger partial charge in [-0.2, -0.15) is 0 Å². The maximum absolute atomic E-state index is 12.2. The summed E-state index contributed by atoms with van der Waals surface area (Å²) in [5.74, 6) is 1.35. The van der Waals surface area contributed by atoms with Crippen LogP contribution in [0.3, 0.4) is 0 Å². The molecule has 5 nitrogen and oxygen atoms in total. The Morgan fingerprint density at radius 1 is 1.35 bits per heavy atom. The highest BCUT2D eigenvalue weighted by Gasteiger charge is 2.18. The van der Waals surface area contributed by atoms with Crippen molar-refractivity contribution >= 4 is 23.3 Å². The minimum Gasteiger partial charge on any atom is -0.358 e. The third-order valence-electron chi connectivity index (χ3n) is 3.02. The number of hydrogen-bond donors (Lipinski definition) is 1. The number of likely N-dealkylation sites (N-methyl/N-ethyl adjacent to an activating group) is 1. The van der Waals surface area contributed by atoms with Crippen molar-refractivity contribution in [3.63, 3.8) is 0 Å². The molecule has 1 aromatic rings. The highest BCUT2D eigenvalue weighted by Crippen LogP contribution is 2.14. The van der Waals surface area contributed by atoms with E-state index in [9.17, 15) is 4.79 Å². The average Bonchev–Trinajstić information content (AvgIpc) is 2.39. The minimum atomic E-state index is -0.338. The molecule has 0 aromatic carbocycles. The molecule has 1 rings (SSSR count). The molecule has 0 aliphatic rings. The zero-order valence-electron chi connectivity index (χ0n) is 12.6. The first-order chi connectivity index (χ1) is 9.51. The molecule has 0 spiro atoms. The van der Waals surface area contributed by atoms with Crippen molar-refractivity contribution in [3.8, 4) is 0 Å². The molecule has 1 amide bonds. The Morgan fingerprint density at radius 2 is 2.00 bits per heavy atom. The van der Waals surface area contributed by atoms with E-state index in [0.717, 1.165) is 12.8 Å². The van der Waals surface area contributed by atoms with Crippen LogP contribution in [0.25, 0.3) is 0 Å². The predicted molar refractivity (Wildman–Crippen MR) is 82.0 cm³/mol. The van der Waals surface area contributed by atoms with Gasteiger partial charge in [-0.3, -0.25) is 4.79 Å². The molecule has 0 bridgehead atoms. The molecular formula is C14H23ClN4O. The van der Waals surface area contributed by atoms with E-state index in [1.807, 2.05) is 20.8 Å². The second kappa shape index (κ2) is 8.04. The monoisotopic (exact) mass is 298 g/mol. The number of nitrogens with zero attached hydrogens (tertiary/aromatic N) is 3. The Kier molecular flexibility index (Phi) is 6.71. The van der Waals surface area contributed by atoms with E-state index in [-0.39, 0.29) is 11.9 Å². The van der Waals surface area contributed by atoms with Gasteiger partial charge in [0.15, 0.2) is 0 Å². The molecule has 6 heteroatoms. The number of hydrogen-bond acceptors (Lipinski definition) is 4. The molecule has 1 heterocycles. The summed E-state index contributed by atoms with van der Waals surface area (Å²) in [6.45, 7) is 9.23. The smallest absolute Gasteiger partial charge is 0.244 e. The zero-order valence-corrected chi connectivity index (χ0v) is 13.4. The van der Waals surface area contributed by atoms with Crippen LogP contribution < -0.4 is 5.32 Å². The summed E-state index contributed by atoms with van der Waals surface area (Å²) in [4.78, 5) is 22.5. The lowest BCUT2D eigenvalue weighted by atomic mass is 10.2. The van der Waals surface area contributed by atoms with E-state index in [4.69, 9.17) is 11.6 Å². The first-order valence-electron chi connectivity index (χ1n) is 7.10. The van der Waals surface area contributed by atoms with Crippen LogP contribution in [0, 0.1) is 0 Å². The number of carbonyl (C=O) groups excluding carboxylic acids is 1. The summed E-state index contributed by atoms with van der Waals surface area (Å²) in [6, 6.07) is 1.31. The molecular weight excluding hydrogens is 276 g/mol. The lowest BCUT2D eigenvalue weighted by molar-refractivity contribution is -0.131. The van der Waals surface area contributed by atoms with E-state index in [0.29, 0.717) is 29.9 Å². The van der Waals surface area contributed by atoms with Crippen LogP contribution >= 0.6 is 11.6 Å². The van der Waals surface area contributed by atoms with Gasteiger partial charge in [-0.1, -0.05) is 18.5 Å². The second-order valence-corrected chi connectivity index (χ2v) is 5.01. The third-order valence-corrected chi connectivity index (χ3v) is 3.22. The molecule has 20 heavy (non-hydrogen) atoms. The van der Waals surface area contributed by atoms with Gasteiger partial charge in [-0.15, -0.1) is 0 Å². The Morgan fingerprint density at radius 3 is 2.55 bits per heavy atom. The largest absolute Gasteiger partial charge is 0.358 e. The van der Waals surface area contributed by atoms with Crippen LogP contribution in [-0.2, 0) is 11.2 Å². The maximum atomic E-state index is 12.2. The Balaban J connectivity index is 2.79. The van der Waals surface area contributed by atoms with Gasteiger partial charge in [0.2, 0.25) is 5.91 Å². The summed E-state index contributed by atoms with van der Waals surface area (Å²) in [6.07, 6.45) is 1.72. The topological polar surface area (TPSA) is 58.1 Å². The summed E-state index contributed by atoms with van der Waals surface area (Å²) in [5, 5.41) is 3.50. The van der Waals surface area contributed by atoms with Crippen molar-refractivity contribution in [2.75, 3.05) is 18.4 Å². The highest BCUT2D eigenvalue weighted by molar-refractivity contribution is 6.29. The van der Waals surface area contributed by atoms with Crippen LogP contribution in [0.1, 0.15) is 39.9 Å². The summed E-state index contributed by atoms with van der Waals surface area (Å²) >= 11 is 5.98. The summed E-state index contributed by atoms with van der Waals surface area (Å²) in [5.41, 5.74) is 0. The Hall–Kier alpha value is -1.36. The number of halogens is 1. The quantitative estimate of drug-likeness (QED) is 0.786. The molecule has 0 aliphatic heterocycles. The van der Waals surface area contributed by atoms with Crippen LogP contribution in [0.5, 0.6) is 0 Å². The van der Waals surface area contributed by atoms with Gasteiger partial charge in [0, 0.05) is 25.6 Å². The zero-order chi connectivity index (χ0) is 15.1. The van der Waals surface area contributed by atoms with Crippen molar-refractivity contribution < 1.29 is 4.79 Å². The lowest BCUT2D eigenvalue weighted by Gasteiger charge is -2.23. The van der Waals surface area contributed by atoms with Gasteiger partial charge in [0.05, 0.1) is 0 Å². The van der Waals surface area contributed by atoms with Crippen molar-refractivity contribution in [2.45, 2.75) is 46.6 Å². The van der Waals surface area contributed by atoms with Gasteiger partial charge in [0.25, 0.3) is 0 Å². The molecule has 1 unspecified atom stereocenters. The first-order valence-corrected chi connectivity index (χ1v) is 7.48. The molecule has 0 saturated carbocycles. The number of nitrogens with one attached hydrogen (secondary N) is 1. The third kappa shape index (κ3) is 4.63. The molecule has 0 radical (unpaired) electrons. The fraction of sp³-hybridized carbons (Fsp3) is 0.643. The normalized spacial score (nSPS) is 12.1. The van der Waals surface area contributed by atoms with Crippen molar-refractivity contribution in [3.05, 3.63) is 17.0 Å². The second-order valence-electron chi connectivity index (χ2n) is 4.62. The van der Waals surface area contributed by atoms with Crippen molar-refractivity contribution in [1.82, 2.24) is 14.9 Å². The van der Waals surface area contributed by atoms with E-state index in [2.05, 4.69) is 22.2 Å². The molecule has 1 aromatic heterocycles. The van der Waals surface area contributed by atoms with Gasteiger partial charge in [-0.25, -0.2) is 9.97 Å². The standard InChI is InChI=1S/C14H23ClN4O/c1-5-8-12-17-11(15)9-13(18-12)16-10(4)14(20)19(6-2)7-3/h9-10H,5-8H2,1-4H3,(H,16,17,18). The molecule has 112 valence electrons. The van der Waals surface area contributed by atoms with Crippen LogP contribution in [0.15, 0.2) is 6.07 Å². The number of anilines is 1. The van der Waals surface area contributed by atoms with E-state index in [1.54, 1.807) is 11.0 Å². The summed E-state index contributed by atoms with van der Waals surface area (Å²) in [7, 11) is 0. The van der Waals surface area contributed by atoms with Crippen LogP contribution in [-0.4, -0.2) is 39.9 Å². The maximum Gasteiger partial charge on any atom is 0.244 e. The number of aromatic nitrogens is 2. The fourth-order valence-corrected chi connectivity index (χ4v) is 2.17. The van der Waals surface area contributed by atoms with Crippen LogP contribution in [0.4, 0.5) is 5.82 Å². The van der Waals surface area contributed by atoms with E-state index in [1.165, 1.54) is 0 Å². The Labute approximate surface area is 125 Å². The molecule has 0 fully saturated rings. The highest BCUT2D eigenvalue weighted by atomic mass is 35.5. The predicted octanol–water partition coefficient (Wildman–Crippen LogP) is 2.75. The molecule has 0 aliphatic carbocycles. The Bertz CT molecular complexity index is 449. The first kappa shape index (κ1) is 16.7. The van der Waals surface area contributed by atoms with Gasteiger partial charge >= 0.3 is 0 Å². The van der Waals surface area contributed by atoms with Crippen molar-refractivity contribution in [1.29, 1.82) is 0 Å². The van der Waals surface area contributed by atoms with Gasteiger partial charge < -0.3 is 10.2 Å². The summed E-state index contributed by atoms with van der Waals surface area (Å²) < 4.78 is 0. The molecule has 1 atom stereocenters.